The molecule has 0 spiro atoms. The van der Waals surface area contributed by atoms with Gasteiger partial charge < -0.3 is 4.74 Å². The van der Waals surface area contributed by atoms with E-state index in [1.165, 1.54) is 11.3 Å². The number of nitrogens with zero attached hydrogens (tertiary/aromatic N) is 2. The van der Waals surface area contributed by atoms with E-state index in [0.717, 1.165) is 16.3 Å². The molecule has 0 radical (unpaired) electrons. The second-order valence-corrected chi connectivity index (χ2v) is 5.23. The van der Waals surface area contributed by atoms with Crippen LogP contribution < -0.4 is 4.74 Å². The standard InChI is InChI=1S/C10H8Cl2N2OS/c1-6-4-7(11)2-3-8(6)15-5-9-13-14-10(12)16-9/h2-4H,5H2,1H3. The maximum atomic E-state index is 5.84. The summed E-state index contributed by atoms with van der Waals surface area (Å²) < 4.78 is 6.00. The van der Waals surface area contributed by atoms with Gasteiger partial charge in [-0.3, -0.25) is 0 Å². The molecule has 1 aromatic heterocycles. The highest BCUT2D eigenvalue weighted by Crippen LogP contribution is 2.23. The minimum atomic E-state index is 0.368. The molecule has 6 heteroatoms. The zero-order valence-corrected chi connectivity index (χ0v) is 10.7. The maximum Gasteiger partial charge on any atom is 0.207 e. The molecule has 2 rings (SSSR count). The Morgan fingerprint density at radius 3 is 2.75 bits per heavy atom. The molecule has 0 fully saturated rings. The molecular formula is C10H8Cl2N2OS. The Kier molecular flexibility index (Phi) is 3.63. The number of benzene rings is 1. The fourth-order valence-electron chi connectivity index (χ4n) is 1.21. The van der Waals surface area contributed by atoms with Gasteiger partial charge in [0.2, 0.25) is 4.47 Å². The highest BCUT2D eigenvalue weighted by molar-refractivity contribution is 7.15. The molecule has 16 heavy (non-hydrogen) atoms. The lowest BCUT2D eigenvalue weighted by molar-refractivity contribution is 0.302. The molecule has 2 aromatic rings. The van der Waals surface area contributed by atoms with Crippen molar-refractivity contribution in [1.29, 1.82) is 0 Å². The number of aromatic nitrogens is 2. The van der Waals surface area contributed by atoms with Crippen molar-refractivity contribution in [3.63, 3.8) is 0 Å². The Morgan fingerprint density at radius 2 is 2.12 bits per heavy atom. The Morgan fingerprint density at radius 1 is 1.31 bits per heavy atom. The third-order valence-corrected chi connectivity index (χ3v) is 3.16. The number of rotatable bonds is 3. The first-order chi connectivity index (χ1) is 7.65. The second kappa shape index (κ2) is 4.99. The molecule has 0 saturated carbocycles. The van der Waals surface area contributed by atoms with Crippen molar-refractivity contribution in [1.82, 2.24) is 10.2 Å². The Balaban J connectivity index is 2.04. The van der Waals surface area contributed by atoms with Crippen molar-refractivity contribution in [2.24, 2.45) is 0 Å². The third kappa shape index (κ3) is 2.84. The number of hydrogen-bond donors (Lipinski definition) is 0. The molecule has 0 aliphatic rings. The van der Waals surface area contributed by atoms with Gasteiger partial charge >= 0.3 is 0 Å². The van der Waals surface area contributed by atoms with Gasteiger partial charge in [0.15, 0.2) is 5.01 Å². The van der Waals surface area contributed by atoms with E-state index in [1.54, 1.807) is 6.07 Å². The van der Waals surface area contributed by atoms with E-state index >= 15 is 0 Å². The Hall–Kier alpha value is -0.840. The molecule has 84 valence electrons. The van der Waals surface area contributed by atoms with E-state index in [0.29, 0.717) is 16.1 Å². The summed E-state index contributed by atoms with van der Waals surface area (Å²) in [7, 11) is 0. The van der Waals surface area contributed by atoms with E-state index in [-0.39, 0.29) is 0 Å². The quantitative estimate of drug-likeness (QED) is 0.856. The average Bonchev–Trinajstić information content (AvgIpc) is 2.63. The summed E-state index contributed by atoms with van der Waals surface area (Å²) in [5.74, 6) is 0.788. The Bertz CT molecular complexity index is 501. The zero-order chi connectivity index (χ0) is 11.5. The second-order valence-electron chi connectivity index (χ2n) is 3.15. The summed E-state index contributed by atoms with van der Waals surface area (Å²) in [6.45, 7) is 2.31. The summed E-state index contributed by atoms with van der Waals surface area (Å²) in [4.78, 5) is 0. The SMILES string of the molecule is Cc1cc(Cl)ccc1OCc1nnc(Cl)s1. The van der Waals surface area contributed by atoms with Crippen LogP contribution in [-0.2, 0) is 6.61 Å². The van der Waals surface area contributed by atoms with Crippen LogP contribution in [0.2, 0.25) is 9.49 Å². The summed E-state index contributed by atoms with van der Waals surface area (Å²) in [5, 5.41) is 9.01. The highest BCUT2D eigenvalue weighted by atomic mass is 35.5. The summed E-state index contributed by atoms with van der Waals surface area (Å²) >= 11 is 12.8. The fraction of sp³-hybridized carbons (Fsp3) is 0.200. The lowest BCUT2D eigenvalue weighted by atomic mass is 10.2. The summed E-state index contributed by atoms with van der Waals surface area (Å²) in [5.41, 5.74) is 0.989. The van der Waals surface area contributed by atoms with Gasteiger partial charge in [-0.1, -0.05) is 22.9 Å². The number of aryl methyl sites for hydroxylation is 1. The molecule has 0 N–H and O–H groups in total. The molecule has 0 atom stereocenters. The zero-order valence-electron chi connectivity index (χ0n) is 8.41. The average molecular weight is 275 g/mol. The smallest absolute Gasteiger partial charge is 0.207 e. The monoisotopic (exact) mass is 274 g/mol. The fourth-order valence-corrected chi connectivity index (χ4v) is 2.21. The largest absolute Gasteiger partial charge is 0.486 e. The van der Waals surface area contributed by atoms with Crippen LogP contribution in [0.5, 0.6) is 5.75 Å². The van der Waals surface area contributed by atoms with Gasteiger partial charge in [-0.05, 0) is 42.3 Å². The van der Waals surface area contributed by atoms with Crippen molar-refractivity contribution in [2.75, 3.05) is 0 Å². The lowest BCUT2D eigenvalue weighted by Crippen LogP contribution is -1.96. The van der Waals surface area contributed by atoms with E-state index in [2.05, 4.69) is 10.2 Å². The van der Waals surface area contributed by atoms with Gasteiger partial charge in [-0.25, -0.2) is 0 Å². The number of ether oxygens (including phenoxy) is 1. The molecule has 0 unspecified atom stereocenters. The molecule has 0 bridgehead atoms. The first-order valence-corrected chi connectivity index (χ1v) is 6.09. The summed E-state index contributed by atoms with van der Waals surface area (Å²) in [6, 6.07) is 5.47. The number of hydrogen-bond acceptors (Lipinski definition) is 4. The van der Waals surface area contributed by atoms with Gasteiger partial charge in [0.1, 0.15) is 12.4 Å². The van der Waals surface area contributed by atoms with Crippen LogP contribution in [0.25, 0.3) is 0 Å². The highest BCUT2D eigenvalue weighted by Gasteiger charge is 2.04. The first kappa shape index (κ1) is 11.6. The predicted molar refractivity (Wildman–Crippen MR) is 65.4 cm³/mol. The normalized spacial score (nSPS) is 10.4. The van der Waals surface area contributed by atoms with Crippen molar-refractivity contribution in [2.45, 2.75) is 13.5 Å². The third-order valence-electron chi connectivity index (χ3n) is 1.93. The van der Waals surface area contributed by atoms with Crippen molar-refractivity contribution >= 4 is 34.5 Å². The van der Waals surface area contributed by atoms with Crippen molar-refractivity contribution in [3.8, 4) is 5.75 Å². The summed E-state index contributed by atoms with van der Waals surface area (Å²) in [6.07, 6.45) is 0. The van der Waals surface area contributed by atoms with E-state index < -0.39 is 0 Å². The maximum absolute atomic E-state index is 5.84. The molecule has 1 aromatic carbocycles. The van der Waals surface area contributed by atoms with Crippen LogP contribution in [0.3, 0.4) is 0 Å². The van der Waals surface area contributed by atoms with E-state index in [1.807, 2.05) is 19.1 Å². The van der Waals surface area contributed by atoms with Gasteiger partial charge in [0.05, 0.1) is 0 Å². The molecular weight excluding hydrogens is 267 g/mol. The van der Waals surface area contributed by atoms with Crippen LogP contribution in [-0.4, -0.2) is 10.2 Å². The predicted octanol–water partition coefficient (Wildman–Crippen LogP) is 3.73. The minimum Gasteiger partial charge on any atom is -0.486 e. The van der Waals surface area contributed by atoms with Crippen molar-refractivity contribution in [3.05, 3.63) is 38.3 Å². The minimum absolute atomic E-state index is 0.368. The van der Waals surface area contributed by atoms with Gasteiger partial charge in [0.25, 0.3) is 0 Å². The van der Waals surface area contributed by atoms with Gasteiger partial charge in [0, 0.05) is 5.02 Å². The van der Waals surface area contributed by atoms with Crippen LogP contribution in [0, 0.1) is 6.92 Å². The number of halogens is 2. The van der Waals surface area contributed by atoms with Crippen LogP contribution in [0.4, 0.5) is 0 Å². The molecule has 0 aliphatic carbocycles. The van der Waals surface area contributed by atoms with Crippen LogP contribution >= 0.6 is 34.5 Å². The van der Waals surface area contributed by atoms with Crippen LogP contribution in [0.15, 0.2) is 18.2 Å². The van der Waals surface area contributed by atoms with Crippen LogP contribution in [0.1, 0.15) is 10.6 Å². The molecule has 3 nitrogen and oxygen atoms in total. The molecule has 0 aliphatic heterocycles. The van der Waals surface area contributed by atoms with Gasteiger partial charge in [-0.2, -0.15) is 0 Å². The van der Waals surface area contributed by atoms with Gasteiger partial charge in [-0.15, -0.1) is 10.2 Å². The molecule has 0 amide bonds. The molecule has 1 heterocycles. The van der Waals surface area contributed by atoms with E-state index in [4.69, 9.17) is 27.9 Å². The first-order valence-electron chi connectivity index (χ1n) is 4.52. The van der Waals surface area contributed by atoms with Crippen molar-refractivity contribution < 1.29 is 4.74 Å². The van der Waals surface area contributed by atoms with E-state index in [9.17, 15) is 0 Å². The lowest BCUT2D eigenvalue weighted by Gasteiger charge is -2.07. The molecule has 0 saturated heterocycles. The topological polar surface area (TPSA) is 35.0 Å². The Labute approximate surface area is 107 Å².